The minimum atomic E-state index is -0.0370. The van der Waals surface area contributed by atoms with Gasteiger partial charge < -0.3 is 5.73 Å². The Labute approximate surface area is 58.9 Å². The summed E-state index contributed by atoms with van der Waals surface area (Å²) < 4.78 is 0. The van der Waals surface area contributed by atoms with Gasteiger partial charge in [0.15, 0.2) is 0 Å². The third-order valence-corrected chi connectivity index (χ3v) is 1.60. The molecule has 0 saturated carbocycles. The van der Waals surface area contributed by atoms with E-state index < -0.39 is 0 Å². The fourth-order valence-electron chi connectivity index (χ4n) is 0.824. The lowest BCUT2D eigenvalue weighted by molar-refractivity contribution is -0.261. The van der Waals surface area contributed by atoms with Gasteiger partial charge in [-0.25, -0.2) is 0 Å². The third-order valence-electron chi connectivity index (χ3n) is 1.60. The SMILES string of the molecule is Cc1cc([NH3+])[nH]c(=O)c1C. The van der Waals surface area contributed by atoms with E-state index in [2.05, 4.69) is 10.7 Å². The summed E-state index contributed by atoms with van der Waals surface area (Å²) in [6, 6.07) is 1.86. The average molecular weight is 139 g/mol. The van der Waals surface area contributed by atoms with E-state index in [-0.39, 0.29) is 5.56 Å². The van der Waals surface area contributed by atoms with E-state index in [0.29, 0.717) is 5.82 Å². The van der Waals surface area contributed by atoms with Crippen molar-refractivity contribution < 1.29 is 5.73 Å². The Bertz CT molecular complexity index is 301. The molecule has 0 radical (unpaired) electrons. The fraction of sp³-hybridized carbons (Fsp3) is 0.286. The monoisotopic (exact) mass is 139 g/mol. The highest BCUT2D eigenvalue weighted by Crippen LogP contribution is 2.00. The van der Waals surface area contributed by atoms with Crippen LogP contribution in [0.3, 0.4) is 0 Å². The Morgan fingerprint density at radius 1 is 1.50 bits per heavy atom. The first kappa shape index (κ1) is 7.02. The summed E-state index contributed by atoms with van der Waals surface area (Å²) in [4.78, 5) is 13.6. The normalized spacial score (nSPS) is 9.90. The number of H-pyrrole nitrogens is 1. The van der Waals surface area contributed by atoms with E-state index in [0.717, 1.165) is 11.1 Å². The van der Waals surface area contributed by atoms with Crippen LogP contribution in [-0.2, 0) is 0 Å². The number of rotatable bonds is 0. The second-order valence-electron chi connectivity index (χ2n) is 2.43. The highest BCUT2D eigenvalue weighted by molar-refractivity contribution is 5.29. The Kier molecular flexibility index (Phi) is 1.59. The lowest BCUT2D eigenvalue weighted by Gasteiger charge is -1.95. The van der Waals surface area contributed by atoms with Crippen LogP contribution in [0.5, 0.6) is 0 Å². The summed E-state index contributed by atoms with van der Waals surface area (Å²) in [6.45, 7) is 3.70. The van der Waals surface area contributed by atoms with E-state index in [4.69, 9.17) is 0 Å². The van der Waals surface area contributed by atoms with Crippen LogP contribution in [0, 0.1) is 13.8 Å². The first-order chi connectivity index (χ1) is 4.61. The summed E-state index contributed by atoms with van der Waals surface area (Å²) in [5.41, 5.74) is 5.36. The number of quaternary nitrogens is 1. The molecule has 0 unspecified atom stereocenters. The van der Waals surface area contributed by atoms with Gasteiger partial charge in [-0.3, -0.25) is 9.78 Å². The van der Waals surface area contributed by atoms with Crippen LogP contribution in [0.2, 0.25) is 0 Å². The summed E-state index contributed by atoms with van der Waals surface area (Å²) in [6.07, 6.45) is 0. The number of aromatic nitrogens is 1. The topological polar surface area (TPSA) is 60.5 Å². The predicted molar refractivity (Wildman–Crippen MR) is 39.1 cm³/mol. The quantitative estimate of drug-likeness (QED) is 0.516. The maximum Gasteiger partial charge on any atom is 0.255 e. The van der Waals surface area contributed by atoms with Gasteiger partial charge in [0.05, 0.1) is 0 Å². The standard InChI is InChI=1S/C7H10N2O/c1-4-3-6(8)9-7(10)5(4)2/h3H,1-2H3,(H3,8,9,10)/p+1. The van der Waals surface area contributed by atoms with Gasteiger partial charge in [-0.15, -0.1) is 0 Å². The van der Waals surface area contributed by atoms with Crippen molar-refractivity contribution in [2.24, 2.45) is 0 Å². The van der Waals surface area contributed by atoms with Crippen LogP contribution in [0.15, 0.2) is 10.9 Å². The largest absolute Gasteiger partial charge is 0.310 e. The van der Waals surface area contributed by atoms with E-state index in [1.165, 1.54) is 0 Å². The third kappa shape index (κ3) is 1.09. The summed E-state index contributed by atoms with van der Waals surface area (Å²) in [5, 5.41) is 0. The molecule has 0 fully saturated rings. The number of nitrogens with one attached hydrogen (secondary N) is 1. The molecular weight excluding hydrogens is 128 g/mol. The van der Waals surface area contributed by atoms with Gasteiger partial charge in [-0.1, -0.05) is 0 Å². The van der Waals surface area contributed by atoms with Gasteiger partial charge in [0, 0.05) is 11.6 Å². The number of hydrogen-bond donors (Lipinski definition) is 2. The van der Waals surface area contributed by atoms with Gasteiger partial charge >= 0.3 is 0 Å². The van der Waals surface area contributed by atoms with Crippen LogP contribution in [0.4, 0.5) is 5.82 Å². The first-order valence-electron chi connectivity index (χ1n) is 3.14. The van der Waals surface area contributed by atoms with Crippen molar-refractivity contribution in [1.29, 1.82) is 0 Å². The van der Waals surface area contributed by atoms with Crippen LogP contribution in [-0.4, -0.2) is 4.98 Å². The van der Waals surface area contributed by atoms with Crippen LogP contribution in [0.25, 0.3) is 0 Å². The summed E-state index contributed by atoms with van der Waals surface area (Å²) in [7, 11) is 0. The number of aryl methyl sites for hydroxylation is 1. The Morgan fingerprint density at radius 2 is 2.10 bits per heavy atom. The Morgan fingerprint density at radius 3 is 2.60 bits per heavy atom. The van der Waals surface area contributed by atoms with Crippen molar-refractivity contribution in [1.82, 2.24) is 4.98 Å². The number of hydrogen-bond acceptors (Lipinski definition) is 1. The van der Waals surface area contributed by atoms with E-state index >= 15 is 0 Å². The second-order valence-corrected chi connectivity index (χ2v) is 2.43. The highest BCUT2D eigenvalue weighted by atomic mass is 16.1. The molecule has 1 aromatic heterocycles. The molecule has 1 aromatic rings. The maximum absolute atomic E-state index is 11.0. The van der Waals surface area contributed by atoms with Crippen molar-refractivity contribution in [3.8, 4) is 0 Å². The smallest absolute Gasteiger partial charge is 0.255 e. The molecule has 0 aliphatic heterocycles. The van der Waals surface area contributed by atoms with E-state index in [1.807, 2.05) is 13.0 Å². The van der Waals surface area contributed by atoms with E-state index in [1.54, 1.807) is 6.92 Å². The second kappa shape index (κ2) is 2.27. The van der Waals surface area contributed by atoms with Crippen molar-refractivity contribution in [2.45, 2.75) is 13.8 Å². The van der Waals surface area contributed by atoms with Gasteiger partial charge in [0.1, 0.15) is 0 Å². The zero-order valence-corrected chi connectivity index (χ0v) is 6.19. The lowest BCUT2D eigenvalue weighted by atomic mass is 10.2. The molecule has 3 heteroatoms. The molecule has 0 aliphatic rings. The molecule has 0 spiro atoms. The van der Waals surface area contributed by atoms with Crippen molar-refractivity contribution in [2.75, 3.05) is 0 Å². The molecule has 10 heavy (non-hydrogen) atoms. The van der Waals surface area contributed by atoms with Gasteiger partial charge in [-0.05, 0) is 19.4 Å². The molecule has 0 bridgehead atoms. The molecular formula is C7H11N2O+. The molecule has 0 aromatic carbocycles. The number of pyridine rings is 1. The van der Waals surface area contributed by atoms with Crippen LogP contribution < -0.4 is 11.3 Å². The minimum Gasteiger partial charge on any atom is -0.310 e. The molecule has 0 aliphatic carbocycles. The van der Waals surface area contributed by atoms with Crippen LogP contribution in [0.1, 0.15) is 11.1 Å². The Hall–Kier alpha value is -1.09. The molecule has 0 atom stereocenters. The van der Waals surface area contributed by atoms with E-state index in [9.17, 15) is 4.79 Å². The highest BCUT2D eigenvalue weighted by Gasteiger charge is 1.99. The molecule has 54 valence electrons. The first-order valence-corrected chi connectivity index (χ1v) is 3.14. The zero-order chi connectivity index (χ0) is 7.72. The Balaban J connectivity index is 3.46. The molecule has 4 N–H and O–H groups in total. The number of aromatic amines is 1. The molecule has 3 nitrogen and oxygen atoms in total. The molecule has 0 amide bonds. The van der Waals surface area contributed by atoms with Gasteiger partial charge in [0.25, 0.3) is 5.56 Å². The van der Waals surface area contributed by atoms with Crippen molar-refractivity contribution in [3.05, 3.63) is 27.5 Å². The molecule has 1 heterocycles. The summed E-state index contributed by atoms with van der Waals surface area (Å²) >= 11 is 0. The average Bonchev–Trinajstić information content (AvgIpc) is 1.82. The molecule has 1 rings (SSSR count). The van der Waals surface area contributed by atoms with Crippen molar-refractivity contribution >= 4 is 5.82 Å². The zero-order valence-electron chi connectivity index (χ0n) is 6.19. The lowest BCUT2D eigenvalue weighted by Crippen LogP contribution is -2.43. The van der Waals surface area contributed by atoms with Gasteiger partial charge in [-0.2, -0.15) is 0 Å². The molecule has 0 saturated heterocycles. The fourth-order valence-corrected chi connectivity index (χ4v) is 0.824. The predicted octanol–water partition coefficient (Wildman–Crippen LogP) is -0.135. The van der Waals surface area contributed by atoms with Gasteiger partial charge in [0.2, 0.25) is 5.82 Å². The van der Waals surface area contributed by atoms with Crippen LogP contribution >= 0.6 is 0 Å². The van der Waals surface area contributed by atoms with Crippen molar-refractivity contribution in [3.63, 3.8) is 0 Å². The maximum atomic E-state index is 11.0. The summed E-state index contributed by atoms with van der Waals surface area (Å²) in [5.74, 6) is 0.674. The minimum absolute atomic E-state index is 0.0370.